The van der Waals surface area contributed by atoms with Gasteiger partial charge in [0.15, 0.2) is 0 Å². The van der Waals surface area contributed by atoms with E-state index in [9.17, 15) is 9.59 Å². The van der Waals surface area contributed by atoms with E-state index in [1.807, 2.05) is 0 Å². The lowest BCUT2D eigenvalue weighted by Gasteiger charge is -2.00. The Labute approximate surface area is 127 Å². The van der Waals surface area contributed by atoms with Crippen LogP contribution in [0.4, 0.5) is 0 Å². The van der Waals surface area contributed by atoms with Gasteiger partial charge in [-0.2, -0.15) is 0 Å². The highest BCUT2D eigenvalue weighted by atomic mass is 16.4. The average molecular weight is 302 g/mol. The zero-order valence-electron chi connectivity index (χ0n) is 12.9. The van der Waals surface area contributed by atoms with Crippen LogP contribution in [0.1, 0.15) is 57.8 Å². The minimum Gasteiger partial charge on any atom is -0.481 e. The van der Waals surface area contributed by atoms with Crippen LogP contribution in [0.2, 0.25) is 0 Å². The Hall–Kier alpha value is -1.40. The Kier molecular flexibility index (Phi) is 17.4. The molecule has 0 atom stereocenters. The summed E-state index contributed by atoms with van der Waals surface area (Å²) < 4.78 is 0. The van der Waals surface area contributed by atoms with Crippen LogP contribution >= 0.6 is 0 Å². The highest BCUT2D eigenvalue weighted by molar-refractivity contribution is 5.91. The third kappa shape index (κ3) is 21.1. The lowest BCUT2D eigenvalue weighted by atomic mass is 10.1. The van der Waals surface area contributed by atoms with Gasteiger partial charge in [0, 0.05) is 5.57 Å². The van der Waals surface area contributed by atoms with Crippen LogP contribution in [0, 0.1) is 0 Å². The number of carbonyl (C=O) groups is 2. The number of aliphatic carboxylic acids is 2. The predicted octanol–water partition coefficient (Wildman–Crippen LogP) is 2.13. The fourth-order valence-electron chi connectivity index (χ4n) is 1.61. The van der Waals surface area contributed by atoms with Gasteiger partial charge in [0.2, 0.25) is 0 Å². The second-order valence-corrected chi connectivity index (χ2v) is 4.88. The molecule has 0 rings (SSSR count). The molecule has 6 nitrogen and oxygen atoms in total. The van der Waals surface area contributed by atoms with Crippen molar-refractivity contribution in [3.63, 3.8) is 0 Å². The molecule has 6 N–H and O–H groups in total. The molecule has 0 fully saturated rings. The molecule has 0 aliphatic heterocycles. The van der Waals surface area contributed by atoms with Gasteiger partial charge < -0.3 is 21.7 Å². The number of nitrogens with two attached hydrogens (primary N) is 2. The molecule has 0 spiro atoms. The van der Waals surface area contributed by atoms with Crippen LogP contribution < -0.4 is 11.5 Å². The zero-order valence-corrected chi connectivity index (χ0v) is 12.9. The molecule has 0 saturated carbocycles. The van der Waals surface area contributed by atoms with Gasteiger partial charge in [-0.15, -0.1) is 0 Å². The van der Waals surface area contributed by atoms with Crippen LogP contribution in [0.25, 0.3) is 0 Å². The van der Waals surface area contributed by atoms with Crippen molar-refractivity contribution in [1.29, 1.82) is 0 Å². The number of hydrogen-bond donors (Lipinski definition) is 4. The molecular formula is C15H30N2O4. The summed E-state index contributed by atoms with van der Waals surface area (Å²) in [5.74, 6) is -2.44. The minimum atomic E-state index is -1.27. The molecule has 0 aliphatic rings. The molecule has 0 bridgehead atoms. The molecule has 0 heterocycles. The molecule has 0 aromatic carbocycles. The van der Waals surface area contributed by atoms with E-state index in [4.69, 9.17) is 21.7 Å². The first kappa shape index (κ1) is 21.9. The average Bonchev–Trinajstić information content (AvgIpc) is 2.42. The van der Waals surface area contributed by atoms with Gasteiger partial charge in [0.1, 0.15) is 0 Å². The number of unbranched alkanes of at least 4 members (excludes halogenated alkanes) is 7. The van der Waals surface area contributed by atoms with Crippen molar-refractivity contribution in [3.05, 3.63) is 12.2 Å². The first-order valence-corrected chi connectivity index (χ1v) is 7.48. The standard InChI is InChI=1S/C10H24N2.C5H6O4/c11-9-7-5-3-1-2-4-6-8-10-12;1-3(5(8)9)2-4(6)7/h1-12H2;1-2H2,(H,6,7)(H,8,9). The summed E-state index contributed by atoms with van der Waals surface area (Å²) in [4.78, 5) is 19.7. The third-order valence-corrected chi connectivity index (χ3v) is 2.83. The van der Waals surface area contributed by atoms with Crippen molar-refractivity contribution in [2.45, 2.75) is 57.8 Å². The molecule has 6 heteroatoms. The fraction of sp³-hybridized carbons (Fsp3) is 0.733. The van der Waals surface area contributed by atoms with Gasteiger partial charge >= 0.3 is 11.9 Å². The Bertz CT molecular complexity index is 283. The quantitative estimate of drug-likeness (QED) is 0.323. The van der Waals surface area contributed by atoms with Gasteiger partial charge in [0.25, 0.3) is 0 Å². The number of hydrogen-bond acceptors (Lipinski definition) is 4. The van der Waals surface area contributed by atoms with Crippen molar-refractivity contribution in [2.24, 2.45) is 11.5 Å². The lowest BCUT2D eigenvalue weighted by molar-refractivity contribution is -0.139. The van der Waals surface area contributed by atoms with Crippen molar-refractivity contribution in [3.8, 4) is 0 Å². The number of carboxylic acid groups (broad SMARTS) is 2. The summed E-state index contributed by atoms with van der Waals surface area (Å²) in [7, 11) is 0. The first-order chi connectivity index (χ1) is 9.95. The van der Waals surface area contributed by atoms with E-state index in [0.29, 0.717) is 0 Å². The van der Waals surface area contributed by atoms with Gasteiger partial charge in [-0.1, -0.05) is 45.1 Å². The molecule has 0 saturated heterocycles. The van der Waals surface area contributed by atoms with Gasteiger partial charge in [-0.05, 0) is 25.9 Å². The molecule has 0 aliphatic carbocycles. The summed E-state index contributed by atoms with van der Waals surface area (Å²) in [5, 5.41) is 16.1. The van der Waals surface area contributed by atoms with E-state index in [-0.39, 0.29) is 5.57 Å². The molecule has 21 heavy (non-hydrogen) atoms. The van der Waals surface area contributed by atoms with E-state index in [1.165, 1.54) is 51.4 Å². The van der Waals surface area contributed by atoms with Crippen molar-refractivity contribution in [2.75, 3.05) is 13.1 Å². The summed E-state index contributed by atoms with van der Waals surface area (Å²) >= 11 is 0. The van der Waals surface area contributed by atoms with Gasteiger partial charge in [-0.3, -0.25) is 4.79 Å². The Balaban J connectivity index is 0. The highest BCUT2D eigenvalue weighted by Crippen LogP contribution is 2.07. The largest absolute Gasteiger partial charge is 0.481 e. The Morgan fingerprint density at radius 1 is 0.762 bits per heavy atom. The SMILES string of the molecule is C=C(CC(=O)O)C(=O)O.NCCCCCCCCCCN. The molecule has 0 aromatic rings. The molecule has 124 valence electrons. The van der Waals surface area contributed by atoms with Crippen LogP contribution in [0.5, 0.6) is 0 Å². The van der Waals surface area contributed by atoms with Gasteiger partial charge in [-0.25, -0.2) is 4.79 Å². The maximum Gasteiger partial charge on any atom is 0.331 e. The van der Waals surface area contributed by atoms with Crippen molar-refractivity contribution in [1.82, 2.24) is 0 Å². The Morgan fingerprint density at radius 3 is 1.29 bits per heavy atom. The van der Waals surface area contributed by atoms with Crippen LogP contribution in [0.15, 0.2) is 12.2 Å². The maximum atomic E-state index is 9.87. The zero-order chi connectivity index (χ0) is 16.5. The van der Waals surface area contributed by atoms with E-state index in [1.54, 1.807) is 0 Å². The fourth-order valence-corrected chi connectivity index (χ4v) is 1.61. The summed E-state index contributed by atoms with van der Waals surface area (Å²) in [6.07, 6.45) is 10.00. The second-order valence-electron chi connectivity index (χ2n) is 4.88. The molecule has 0 unspecified atom stereocenters. The smallest absolute Gasteiger partial charge is 0.331 e. The lowest BCUT2D eigenvalue weighted by Crippen LogP contribution is -2.04. The third-order valence-electron chi connectivity index (χ3n) is 2.83. The summed E-state index contributed by atoms with van der Waals surface area (Å²) in [5.41, 5.74) is 10.5. The molecule has 0 aromatic heterocycles. The monoisotopic (exact) mass is 302 g/mol. The molecule has 0 amide bonds. The normalized spacial score (nSPS) is 9.62. The predicted molar refractivity (Wildman–Crippen MR) is 84.1 cm³/mol. The molecule has 0 radical (unpaired) electrons. The maximum absolute atomic E-state index is 9.87. The molecular weight excluding hydrogens is 272 g/mol. The van der Waals surface area contributed by atoms with Crippen LogP contribution in [-0.4, -0.2) is 35.2 Å². The van der Waals surface area contributed by atoms with E-state index in [2.05, 4.69) is 6.58 Å². The Morgan fingerprint density at radius 2 is 1.10 bits per heavy atom. The second kappa shape index (κ2) is 16.7. The minimum absolute atomic E-state index is 0.303. The van der Waals surface area contributed by atoms with Crippen LogP contribution in [-0.2, 0) is 9.59 Å². The van der Waals surface area contributed by atoms with Crippen LogP contribution in [0.3, 0.4) is 0 Å². The van der Waals surface area contributed by atoms with E-state index in [0.717, 1.165) is 13.1 Å². The van der Waals surface area contributed by atoms with E-state index < -0.39 is 18.4 Å². The topological polar surface area (TPSA) is 127 Å². The van der Waals surface area contributed by atoms with Gasteiger partial charge in [0.05, 0.1) is 6.42 Å². The number of rotatable bonds is 12. The van der Waals surface area contributed by atoms with Crippen molar-refractivity contribution >= 4 is 11.9 Å². The first-order valence-electron chi connectivity index (χ1n) is 7.48. The summed E-state index contributed by atoms with van der Waals surface area (Å²) in [6.45, 7) is 4.72. The highest BCUT2D eigenvalue weighted by Gasteiger charge is 2.07. The van der Waals surface area contributed by atoms with Crippen molar-refractivity contribution < 1.29 is 19.8 Å². The van der Waals surface area contributed by atoms with E-state index >= 15 is 0 Å². The number of carboxylic acids is 2. The summed E-state index contributed by atoms with van der Waals surface area (Å²) in [6, 6.07) is 0.